The van der Waals surface area contributed by atoms with E-state index < -0.39 is 17.0 Å². The van der Waals surface area contributed by atoms with E-state index >= 15 is 0 Å². The van der Waals surface area contributed by atoms with E-state index in [1.54, 1.807) is 32.2 Å². The van der Waals surface area contributed by atoms with Gasteiger partial charge in [-0.3, -0.25) is 14.9 Å². The van der Waals surface area contributed by atoms with E-state index in [0.717, 1.165) is 0 Å². The van der Waals surface area contributed by atoms with E-state index in [1.807, 2.05) is 0 Å². The minimum Gasteiger partial charge on any atom is -0.457 e. The summed E-state index contributed by atoms with van der Waals surface area (Å²) >= 11 is 0. The summed E-state index contributed by atoms with van der Waals surface area (Å²) in [7, 11) is 1.60. The average Bonchev–Trinajstić information content (AvgIpc) is 2.75. The minimum atomic E-state index is -0.666. The average molecular weight is 429 g/mol. The number of para-hydroxylation sites is 1. The molecule has 0 heterocycles. The van der Waals surface area contributed by atoms with Gasteiger partial charge in [0.25, 0.3) is 5.69 Å². The molecular weight excluding hydrogens is 398 g/mol. The van der Waals surface area contributed by atoms with Crippen molar-refractivity contribution in [3.8, 4) is 0 Å². The molecule has 0 aromatic heterocycles. The number of ether oxygens (including phenoxy) is 6. The molecule has 0 bridgehead atoms. The van der Waals surface area contributed by atoms with Gasteiger partial charge in [0, 0.05) is 13.2 Å². The van der Waals surface area contributed by atoms with Crippen LogP contribution in [0.2, 0.25) is 0 Å². The number of carbonyl (C=O) groups is 1. The van der Waals surface area contributed by atoms with Gasteiger partial charge in [-0.2, -0.15) is 0 Å². The first-order valence-electron chi connectivity index (χ1n) is 9.82. The summed E-state index contributed by atoms with van der Waals surface area (Å²) in [6.07, 6.45) is -0.176. The van der Waals surface area contributed by atoms with Crippen LogP contribution in [0.1, 0.15) is 31.4 Å². The van der Waals surface area contributed by atoms with E-state index in [9.17, 15) is 14.9 Å². The number of hydrogen-bond donors (Lipinski definition) is 0. The van der Waals surface area contributed by atoms with Gasteiger partial charge in [0.1, 0.15) is 12.9 Å². The first kappa shape index (κ1) is 25.9. The number of nitrogens with zero attached hydrogens (tertiary/aromatic N) is 1. The molecule has 0 amide bonds. The molecule has 0 N–H and O–H groups in total. The molecule has 1 rings (SSSR count). The molecule has 170 valence electrons. The van der Waals surface area contributed by atoms with Crippen LogP contribution in [0.5, 0.6) is 0 Å². The van der Waals surface area contributed by atoms with E-state index in [1.165, 1.54) is 6.07 Å². The van der Waals surface area contributed by atoms with Gasteiger partial charge in [-0.1, -0.05) is 19.1 Å². The van der Waals surface area contributed by atoms with Gasteiger partial charge < -0.3 is 28.4 Å². The third-order valence-corrected chi connectivity index (χ3v) is 3.92. The lowest BCUT2D eigenvalue weighted by atomic mass is 10.1. The zero-order valence-electron chi connectivity index (χ0n) is 17.6. The zero-order valence-corrected chi connectivity index (χ0v) is 17.6. The summed E-state index contributed by atoms with van der Waals surface area (Å²) in [6.45, 7) is 4.70. The number of carbonyl (C=O) groups excluding carboxylic acids is 1. The fraction of sp³-hybridized carbons (Fsp3) is 0.650. The number of methoxy groups -OCH3 is 1. The lowest BCUT2D eigenvalue weighted by Crippen LogP contribution is -2.15. The highest BCUT2D eigenvalue weighted by molar-refractivity contribution is 5.70. The highest BCUT2D eigenvalue weighted by atomic mass is 16.7. The summed E-state index contributed by atoms with van der Waals surface area (Å²) in [6, 6.07) is 6.26. The summed E-state index contributed by atoms with van der Waals surface area (Å²) < 4.78 is 31.2. The molecule has 0 aliphatic rings. The van der Waals surface area contributed by atoms with Crippen molar-refractivity contribution in [1.29, 1.82) is 0 Å². The molecule has 1 atom stereocenters. The Morgan fingerprint density at radius 3 is 2.20 bits per heavy atom. The molecule has 0 fully saturated rings. The fourth-order valence-corrected chi connectivity index (χ4v) is 2.42. The standard InChI is InChI=1S/C20H31NO9/c1-3-19(17-6-4-5-7-18(17)21(23)24)30-20(22)8-9-26-12-13-27-14-15-29-16-28-11-10-25-2/h4-7,19H,3,8-16H2,1-2H3. The van der Waals surface area contributed by atoms with Crippen LogP contribution in [0.15, 0.2) is 24.3 Å². The number of benzene rings is 1. The van der Waals surface area contributed by atoms with Crippen LogP contribution in [0.3, 0.4) is 0 Å². The number of esters is 1. The summed E-state index contributed by atoms with van der Waals surface area (Å²) in [5.74, 6) is -0.470. The smallest absolute Gasteiger partial charge is 0.308 e. The summed E-state index contributed by atoms with van der Waals surface area (Å²) in [4.78, 5) is 22.7. The van der Waals surface area contributed by atoms with E-state index in [2.05, 4.69) is 0 Å². The molecule has 1 aromatic carbocycles. The van der Waals surface area contributed by atoms with Crippen molar-refractivity contribution in [1.82, 2.24) is 0 Å². The van der Waals surface area contributed by atoms with Crippen LogP contribution in [0, 0.1) is 10.1 Å². The highest BCUT2D eigenvalue weighted by Gasteiger charge is 2.23. The van der Waals surface area contributed by atoms with Crippen molar-refractivity contribution in [3.05, 3.63) is 39.9 Å². The van der Waals surface area contributed by atoms with Crippen molar-refractivity contribution in [2.75, 3.05) is 60.2 Å². The Kier molecular flexibility index (Phi) is 14.4. The van der Waals surface area contributed by atoms with Crippen LogP contribution in [0.25, 0.3) is 0 Å². The maximum absolute atomic E-state index is 12.0. The Hall–Kier alpha value is -2.11. The van der Waals surface area contributed by atoms with E-state index in [4.69, 9.17) is 28.4 Å². The van der Waals surface area contributed by atoms with E-state index in [0.29, 0.717) is 51.6 Å². The first-order chi connectivity index (χ1) is 14.6. The van der Waals surface area contributed by atoms with Crippen molar-refractivity contribution in [2.24, 2.45) is 0 Å². The van der Waals surface area contributed by atoms with Gasteiger partial charge in [-0.15, -0.1) is 0 Å². The monoisotopic (exact) mass is 429 g/mol. The Labute approximate surface area is 176 Å². The minimum absolute atomic E-state index is 0.0546. The molecule has 0 saturated heterocycles. The zero-order chi connectivity index (χ0) is 22.0. The molecular formula is C20H31NO9. The SMILES string of the molecule is CCC(OC(=O)CCOCCOCCOCOCCOC)c1ccccc1[N+](=O)[O-]. The topological polar surface area (TPSA) is 116 Å². The largest absolute Gasteiger partial charge is 0.457 e. The normalized spacial score (nSPS) is 11.9. The highest BCUT2D eigenvalue weighted by Crippen LogP contribution is 2.29. The van der Waals surface area contributed by atoms with E-state index in [-0.39, 0.29) is 25.5 Å². The van der Waals surface area contributed by atoms with Crippen molar-refractivity contribution < 1.29 is 38.1 Å². The molecule has 1 unspecified atom stereocenters. The van der Waals surface area contributed by atoms with Crippen LogP contribution >= 0.6 is 0 Å². The van der Waals surface area contributed by atoms with Gasteiger partial charge in [0.15, 0.2) is 0 Å². The predicted molar refractivity (Wildman–Crippen MR) is 107 cm³/mol. The number of nitro benzene ring substituents is 1. The lowest BCUT2D eigenvalue weighted by molar-refractivity contribution is -0.386. The van der Waals surface area contributed by atoms with Crippen molar-refractivity contribution in [3.63, 3.8) is 0 Å². The maximum Gasteiger partial charge on any atom is 0.308 e. The van der Waals surface area contributed by atoms with Crippen LogP contribution in [0.4, 0.5) is 5.69 Å². The molecule has 0 radical (unpaired) electrons. The summed E-state index contributed by atoms with van der Waals surface area (Å²) in [5.41, 5.74) is 0.329. The van der Waals surface area contributed by atoms with Gasteiger partial charge in [0.2, 0.25) is 0 Å². The predicted octanol–water partition coefficient (Wildman–Crippen LogP) is 2.65. The second-order valence-corrected chi connectivity index (χ2v) is 6.10. The number of rotatable bonds is 18. The summed E-state index contributed by atoms with van der Waals surface area (Å²) in [5, 5.41) is 11.2. The molecule has 10 heteroatoms. The van der Waals surface area contributed by atoms with Crippen molar-refractivity contribution >= 4 is 11.7 Å². The van der Waals surface area contributed by atoms with Crippen LogP contribution in [-0.2, 0) is 33.2 Å². The third-order valence-electron chi connectivity index (χ3n) is 3.92. The Bertz CT molecular complexity index is 612. The van der Waals surface area contributed by atoms with Gasteiger partial charge >= 0.3 is 5.97 Å². The molecule has 0 spiro atoms. The maximum atomic E-state index is 12.0. The first-order valence-corrected chi connectivity index (χ1v) is 9.82. The van der Waals surface area contributed by atoms with Gasteiger partial charge in [-0.25, -0.2) is 0 Å². The van der Waals surface area contributed by atoms with Gasteiger partial charge in [0.05, 0.1) is 63.2 Å². The van der Waals surface area contributed by atoms with Crippen LogP contribution < -0.4 is 0 Å². The molecule has 0 aliphatic heterocycles. The quantitative estimate of drug-likeness (QED) is 0.114. The Morgan fingerprint density at radius 1 is 0.967 bits per heavy atom. The fourth-order valence-electron chi connectivity index (χ4n) is 2.42. The molecule has 30 heavy (non-hydrogen) atoms. The van der Waals surface area contributed by atoms with Crippen molar-refractivity contribution in [2.45, 2.75) is 25.9 Å². The molecule has 10 nitrogen and oxygen atoms in total. The number of hydrogen-bond acceptors (Lipinski definition) is 9. The second kappa shape index (κ2) is 16.7. The molecule has 1 aromatic rings. The number of nitro groups is 1. The third kappa shape index (κ3) is 11.2. The Balaban J connectivity index is 2.11. The lowest BCUT2D eigenvalue weighted by Gasteiger charge is -2.16. The molecule has 0 saturated carbocycles. The Morgan fingerprint density at radius 2 is 1.57 bits per heavy atom. The second-order valence-electron chi connectivity index (χ2n) is 6.10. The van der Waals surface area contributed by atoms with Gasteiger partial charge in [-0.05, 0) is 12.5 Å². The van der Waals surface area contributed by atoms with Crippen LogP contribution in [-0.4, -0.2) is 71.0 Å². The molecule has 0 aliphatic carbocycles.